The first kappa shape index (κ1) is 9.95. The molecule has 0 aliphatic heterocycles. The summed E-state index contributed by atoms with van der Waals surface area (Å²) in [5.41, 5.74) is 0.730. The zero-order chi connectivity index (χ0) is 9.19. The van der Waals surface area contributed by atoms with Crippen molar-refractivity contribution >= 4 is 32.8 Å². The van der Waals surface area contributed by atoms with Crippen LogP contribution in [0.15, 0.2) is 9.72 Å². The number of alkyl halides is 1. The van der Waals surface area contributed by atoms with Crippen LogP contribution in [0.4, 0.5) is 0 Å². The molecule has 68 valence electrons. The number of nitrogens with zero attached hydrogens (tertiary/aromatic N) is 1. The van der Waals surface area contributed by atoms with Gasteiger partial charge in [-0.1, -0.05) is 0 Å². The molecule has 0 bridgehead atoms. The van der Waals surface area contributed by atoms with Gasteiger partial charge in [0.2, 0.25) is 14.2 Å². The summed E-state index contributed by atoms with van der Waals surface area (Å²) in [7, 11) is -3.21. The number of sulfone groups is 1. The third-order valence-electron chi connectivity index (χ3n) is 1.21. The van der Waals surface area contributed by atoms with Crippen LogP contribution in [0, 0.1) is 6.92 Å². The van der Waals surface area contributed by atoms with Gasteiger partial charge >= 0.3 is 0 Å². The van der Waals surface area contributed by atoms with E-state index in [1.807, 2.05) is 0 Å². The fraction of sp³-hybridized carbons (Fsp3) is 0.500. The minimum Gasteiger partial charge on any atom is -0.231 e. The molecule has 0 aliphatic carbocycles. The van der Waals surface area contributed by atoms with E-state index in [4.69, 9.17) is 11.6 Å². The normalized spacial score (nSPS) is 11.8. The lowest BCUT2D eigenvalue weighted by Crippen LogP contribution is -2.07. The van der Waals surface area contributed by atoms with Crippen molar-refractivity contribution in [3.8, 4) is 0 Å². The van der Waals surface area contributed by atoms with Crippen LogP contribution in [-0.4, -0.2) is 25.0 Å². The number of aromatic nitrogens is 1. The molecule has 1 heterocycles. The molecule has 0 aliphatic rings. The van der Waals surface area contributed by atoms with Crippen molar-refractivity contribution in [3.63, 3.8) is 0 Å². The van der Waals surface area contributed by atoms with Crippen LogP contribution in [0.1, 0.15) is 5.69 Å². The maximum atomic E-state index is 11.3. The molecular formula is C6H8ClNO2S2. The van der Waals surface area contributed by atoms with Gasteiger partial charge in [-0.15, -0.1) is 22.9 Å². The minimum atomic E-state index is -3.21. The number of hydrogen-bond acceptors (Lipinski definition) is 4. The van der Waals surface area contributed by atoms with Gasteiger partial charge in [0.15, 0.2) is 0 Å². The van der Waals surface area contributed by atoms with Crippen LogP contribution in [0.25, 0.3) is 0 Å². The summed E-state index contributed by atoms with van der Waals surface area (Å²) in [6, 6.07) is 0. The lowest BCUT2D eigenvalue weighted by Gasteiger charge is -1.94. The maximum Gasteiger partial charge on any atom is 0.209 e. The second kappa shape index (κ2) is 3.72. The van der Waals surface area contributed by atoms with Crippen molar-refractivity contribution in [2.24, 2.45) is 0 Å². The largest absolute Gasteiger partial charge is 0.231 e. The van der Waals surface area contributed by atoms with Gasteiger partial charge in [0.05, 0.1) is 5.75 Å². The van der Waals surface area contributed by atoms with Crippen molar-refractivity contribution in [2.75, 3.05) is 11.6 Å². The number of rotatable bonds is 3. The van der Waals surface area contributed by atoms with E-state index in [0.29, 0.717) is 0 Å². The van der Waals surface area contributed by atoms with E-state index in [-0.39, 0.29) is 16.0 Å². The van der Waals surface area contributed by atoms with E-state index >= 15 is 0 Å². The molecule has 1 aromatic heterocycles. The summed E-state index contributed by atoms with van der Waals surface area (Å²) in [5, 5.41) is 1.71. The predicted octanol–water partition coefficient (Wildman–Crippen LogP) is 1.46. The Kier molecular flexibility index (Phi) is 3.09. The molecule has 0 unspecified atom stereocenters. The Bertz CT molecular complexity index is 357. The third-order valence-corrected chi connectivity index (χ3v) is 4.79. The molecule has 6 heteroatoms. The fourth-order valence-corrected chi connectivity index (χ4v) is 3.44. The zero-order valence-electron chi connectivity index (χ0n) is 6.45. The predicted molar refractivity (Wildman–Crippen MR) is 49.6 cm³/mol. The summed E-state index contributed by atoms with van der Waals surface area (Å²) < 4.78 is 22.8. The molecule has 12 heavy (non-hydrogen) atoms. The third kappa shape index (κ3) is 2.18. The highest BCUT2D eigenvalue weighted by molar-refractivity contribution is 7.93. The quantitative estimate of drug-likeness (QED) is 0.732. The van der Waals surface area contributed by atoms with Crippen molar-refractivity contribution in [2.45, 2.75) is 11.3 Å². The molecule has 0 saturated carbocycles. The van der Waals surface area contributed by atoms with Gasteiger partial charge < -0.3 is 0 Å². The Hall–Kier alpha value is -0.130. The monoisotopic (exact) mass is 225 g/mol. The molecule has 1 rings (SSSR count). The average molecular weight is 226 g/mol. The van der Waals surface area contributed by atoms with E-state index in [1.54, 1.807) is 12.3 Å². The van der Waals surface area contributed by atoms with E-state index in [9.17, 15) is 8.42 Å². The summed E-state index contributed by atoms with van der Waals surface area (Å²) in [6.07, 6.45) is 0. The summed E-state index contributed by atoms with van der Waals surface area (Å²) >= 11 is 6.48. The van der Waals surface area contributed by atoms with Gasteiger partial charge in [0.1, 0.15) is 0 Å². The van der Waals surface area contributed by atoms with Crippen LogP contribution in [0.5, 0.6) is 0 Å². The lowest BCUT2D eigenvalue weighted by molar-refractivity contribution is 0.596. The second-order valence-corrected chi connectivity index (χ2v) is 5.78. The lowest BCUT2D eigenvalue weighted by atomic mass is 10.6. The molecule has 3 nitrogen and oxygen atoms in total. The average Bonchev–Trinajstić information content (AvgIpc) is 2.36. The number of aryl methyl sites for hydroxylation is 1. The van der Waals surface area contributed by atoms with Gasteiger partial charge in [-0.3, -0.25) is 0 Å². The smallest absolute Gasteiger partial charge is 0.209 e. The zero-order valence-corrected chi connectivity index (χ0v) is 8.84. The van der Waals surface area contributed by atoms with Crippen molar-refractivity contribution in [1.82, 2.24) is 4.98 Å². The first-order chi connectivity index (χ1) is 5.56. The van der Waals surface area contributed by atoms with Crippen LogP contribution < -0.4 is 0 Å². The van der Waals surface area contributed by atoms with Crippen molar-refractivity contribution in [1.29, 1.82) is 0 Å². The highest BCUT2D eigenvalue weighted by atomic mass is 35.5. The van der Waals surface area contributed by atoms with Gasteiger partial charge in [0.25, 0.3) is 0 Å². The maximum absolute atomic E-state index is 11.3. The molecule has 0 fully saturated rings. The molecule has 0 spiro atoms. The topological polar surface area (TPSA) is 47.0 Å². The van der Waals surface area contributed by atoms with E-state index in [2.05, 4.69) is 4.98 Å². The molecule has 0 N–H and O–H groups in total. The summed E-state index contributed by atoms with van der Waals surface area (Å²) in [4.78, 5) is 3.87. The molecule has 0 aromatic carbocycles. The van der Waals surface area contributed by atoms with Gasteiger partial charge in [-0.05, 0) is 6.92 Å². The fourth-order valence-electron chi connectivity index (χ4n) is 0.664. The Morgan fingerprint density at radius 1 is 1.67 bits per heavy atom. The standard InChI is InChI=1S/C6H8ClNO2S2/c1-5-4-11-6(8-5)12(9,10)3-2-7/h4H,2-3H2,1H3. The molecular weight excluding hydrogens is 218 g/mol. The van der Waals surface area contributed by atoms with Gasteiger partial charge in [-0.2, -0.15) is 0 Å². The molecule has 0 amide bonds. The van der Waals surface area contributed by atoms with Crippen LogP contribution in [0.3, 0.4) is 0 Å². The van der Waals surface area contributed by atoms with Crippen LogP contribution >= 0.6 is 22.9 Å². The Morgan fingerprint density at radius 2 is 2.33 bits per heavy atom. The molecule has 0 radical (unpaired) electrons. The van der Waals surface area contributed by atoms with Gasteiger partial charge in [-0.25, -0.2) is 13.4 Å². The SMILES string of the molecule is Cc1csc(S(=O)(=O)CCCl)n1. The van der Waals surface area contributed by atoms with E-state index in [0.717, 1.165) is 17.0 Å². The molecule has 1 aromatic rings. The van der Waals surface area contributed by atoms with E-state index < -0.39 is 9.84 Å². The summed E-state index contributed by atoms with van der Waals surface area (Å²) in [6.45, 7) is 1.76. The summed E-state index contributed by atoms with van der Waals surface area (Å²) in [5.74, 6) is 0.0719. The Morgan fingerprint density at radius 3 is 2.75 bits per heavy atom. The van der Waals surface area contributed by atoms with Crippen molar-refractivity contribution < 1.29 is 8.42 Å². The van der Waals surface area contributed by atoms with E-state index in [1.165, 1.54) is 0 Å². The Balaban J connectivity index is 2.98. The van der Waals surface area contributed by atoms with Crippen molar-refractivity contribution in [3.05, 3.63) is 11.1 Å². The number of thiazole rings is 1. The first-order valence-electron chi connectivity index (χ1n) is 3.27. The number of hydrogen-bond donors (Lipinski definition) is 0. The molecule has 0 atom stereocenters. The first-order valence-corrected chi connectivity index (χ1v) is 6.34. The van der Waals surface area contributed by atoms with Crippen LogP contribution in [0.2, 0.25) is 0 Å². The molecule has 0 saturated heterocycles. The number of halogens is 1. The minimum absolute atomic E-state index is 0.0402. The second-order valence-electron chi connectivity index (χ2n) is 2.26. The highest BCUT2D eigenvalue weighted by Gasteiger charge is 2.16. The van der Waals surface area contributed by atoms with Crippen LogP contribution in [-0.2, 0) is 9.84 Å². The highest BCUT2D eigenvalue weighted by Crippen LogP contribution is 2.16. The van der Waals surface area contributed by atoms with Gasteiger partial charge in [0, 0.05) is 17.0 Å². The Labute approximate surface area is 80.3 Å².